The number of rotatable bonds is 2. The van der Waals surface area contributed by atoms with Crippen LogP contribution in [0.5, 0.6) is 0 Å². The Kier molecular flexibility index (Phi) is 3.44. The summed E-state index contributed by atoms with van der Waals surface area (Å²) in [4.78, 5) is 23.8. The fourth-order valence-electron chi connectivity index (χ4n) is 3.12. The van der Waals surface area contributed by atoms with Crippen LogP contribution in [0.1, 0.15) is 17.9 Å². The van der Waals surface area contributed by atoms with Crippen LogP contribution in [0.2, 0.25) is 0 Å². The number of fused-ring (bicyclic) bond motifs is 1. The third kappa shape index (κ3) is 2.08. The molecule has 3 rings (SSSR count). The van der Waals surface area contributed by atoms with Crippen molar-refractivity contribution in [2.24, 2.45) is 11.8 Å². The van der Waals surface area contributed by atoms with Gasteiger partial charge in [-0.05, 0) is 17.9 Å². The average Bonchev–Trinajstić information content (AvgIpc) is 2.83. The molecule has 1 aromatic carbocycles. The van der Waals surface area contributed by atoms with Crippen molar-refractivity contribution in [3.63, 3.8) is 0 Å². The quantitative estimate of drug-likeness (QED) is 0.605. The first kappa shape index (κ1) is 13.1. The van der Waals surface area contributed by atoms with Crippen LogP contribution < -0.4 is 0 Å². The van der Waals surface area contributed by atoms with Gasteiger partial charge in [0.25, 0.3) is 0 Å². The molecule has 0 aliphatic carbocycles. The smallest absolute Gasteiger partial charge is 0.323 e. The molecule has 0 amide bonds. The number of carbonyl (C=O) groups excluding carboxylic acids is 2. The molecule has 0 radical (unpaired) electrons. The minimum absolute atomic E-state index is 0.0606. The van der Waals surface area contributed by atoms with Crippen LogP contribution in [0, 0.1) is 11.8 Å². The van der Waals surface area contributed by atoms with Crippen LogP contribution >= 0.6 is 0 Å². The Morgan fingerprint density at radius 2 is 2.05 bits per heavy atom. The highest BCUT2D eigenvalue weighted by Crippen LogP contribution is 2.45. The zero-order valence-corrected chi connectivity index (χ0v) is 11.2. The van der Waals surface area contributed by atoms with Crippen LogP contribution in [0.25, 0.3) is 0 Å². The van der Waals surface area contributed by atoms with Crippen molar-refractivity contribution in [2.45, 2.75) is 18.6 Å². The van der Waals surface area contributed by atoms with Gasteiger partial charge in [0.05, 0.1) is 19.6 Å². The molecular formula is C15H16O5. The normalized spacial score (nSPS) is 32.4. The molecule has 1 aromatic rings. The zero-order valence-electron chi connectivity index (χ0n) is 11.2. The summed E-state index contributed by atoms with van der Waals surface area (Å²) in [5, 5.41) is 0. The summed E-state index contributed by atoms with van der Waals surface area (Å²) in [7, 11) is 1.28. The van der Waals surface area contributed by atoms with Crippen molar-refractivity contribution >= 4 is 11.9 Å². The first-order valence-corrected chi connectivity index (χ1v) is 6.67. The molecule has 2 heterocycles. The molecule has 2 fully saturated rings. The molecule has 2 aliphatic heterocycles. The maximum Gasteiger partial charge on any atom is 0.323 e. The van der Waals surface area contributed by atoms with Gasteiger partial charge in [-0.3, -0.25) is 9.59 Å². The molecule has 0 spiro atoms. The number of methoxy groups -OCH3 is 1. The minimum atomic E-state index is -0.893. The summed E-state index contributed by atoms with van der Waals surface area (Å²) < 4.78 is 15.4. The Labute approximate surface area is 116 Å². The van der Waals surface area contributed by atoms with Crippen molar-refractivity contribution < 1.29 is 23.8 Å². The highest BCUT2D eigenvalue weighted by Gasteiger charge is 2.55. The molecule has 4 atom stereocenters. The first-order chi connectivity index (χ1) is 9.72. The van der Waals surface area contributed by atoms with Crippen LogP contribution in [0.4, 0.5) is 0 Å². The Morgan fingerprint density at radius 3 is 2.75 bits per heavy atom. The predicted molar refractivity (Wildman–Crippen MR) is 68.6 cm³/mol. The molecule has 0 unspecified atom stereocenters. The maximum absolute atomic E-state index is 11.9. The van der Waals surface area contributed by atoms with Gasteiger partial charge in [-0.25, -0.2) is 0 Å². The van der Waals surface area contributed by atoms with Crippen LogP contribution in [0.15, 0.2) is 30.3 Å². The first-order valence-electron chi connectivity index (χ1n) is 6.67. The van der Waals surface area contributed by atoms with E-state index in [9.17, 15) is 9.59 Å². The Hall–Kier alpha value is -1.88. The number of benzene rings is 1. The second-order valence-corrected chi connectivity index (χ2v) is 5.06. The van der Waals surface area contributed by atoms with E-state index in [0.29, 0.717) is 6.61 Å². The lowest BCUT2D eigenvalue weighted by molar-refractivity contribution is -0.176. The lowest BCUT2D eigenvalue weighted by Gasteiger charge is -2.33. The molecule has 0 saturated carbocycles. The van der Waals surface area contributed by atoms with E-state index in [0.717, 1.165) is 12.0 Å². The predicted octanol–water partition coefficient (Wildman–Crippen LogP) is 1.48. The van der Waals surface area contributed by atoms with E-state index in [2.05, 4.69) is 0 Å². The third-order valence-corrected chi connectivity index (χ3v) is 4.04. The van der Waals surface area contributed by atoms with E-state index in [1.807, 2.05) is 30.3 Å². The van der Waals surface area contributed by atoms with Gasteiger partial charge in [0.15, 0.2) is 5.92 Å². The van der Waals surface area contributed by atoms with E-state index in [-0.39, 0.29) is 11.8 Å². The van der Waals surface area contributed by atoms with Crippen LogP contribution in [-0.4, -0.2) is 31.9 Å². The van der Waals surface area contributed by atoms with Gasteiger partial charge in [-0.15, -0.1) is 0 Å². The third-order valence-electron chi connectivity index (χ3n) is 4.04. The molecular weight excluding hydrogens is 260 g/mol. The van der Waals surface area contributed by atoms with Crippen molar-refractivity contribution in [1.29, 1.82) is 0 Å². The lowest BCUT2D eigenvalue weighted by Crippen LogP contribution is -2.38. The van der Waals surface area contributed by atoms with Gasteiger partial charge in [0, 0.05) is 0 Å². The SMILES string of the molecule is COC(=O)[C@@H]1C(=O)O[C@H]2OCC[C@H](c3ccccc3)[C@H]21. The second-order valence-electron chi connectivity index (χ2n) is 5.06. The van der Waals surface area contributed by atoms with E-state index < -0.39 is 24.1 Å². The van der Waals surface area contributed by atoms with E-state index in [1.54, 1.807) is 0 Å². The number of carbonyl (C=O) groups is 2. The van der Waals surface area contributed by atoms with Gasteiger partial charge in [-0.1, -0.05) is 30.3 Å². The maximum atomic E-state index is 11.9. The van der Waals surface area contributed by atoms with E-state index in [4.69, 9.17) is 14.2 Å². The van der Waals surface area contributed by atoms with Crippen molar-refractivity contribution in [2.75, 3.05) is 13.7 Å². The monoisotopic (exact) mass is 276 g/mol. The van der Waals surface area contributed by atoms with Gasteiger partial charge in [-0.2, -0.15) is 0 Å². The van der Waals surface area contributed by atoms with Crippen molar-refractivity contribution in [3.05, 3.63) is 35.9 Å². The van der Waals surface area contributed by atoms with Crippen LogP contribution in [-0.2, 0) is 23.8 Å². The van der Waals surface area contributed by atoms with E-state index >= 15 is 0 Å². The minimum Gasteiger partial charge on any atom is -0.468 e. The topological polar surface area (TPSA) is 61.8 Å². The Morgan fingerprint density at radius 1 is 1.30 bits per heavy atom. The molecule has 5 heteroatoms. The summed E-state index contributed by atoms with van der Waals surface area (Å²) >= 11 is 0. The highest BCUT2D eigenvalue weighted by atomic mass is 16.7. The van der Waals surface area contributed by atoms with Crippen molar-refractivity contribution in [1.82, 2.24) is 0 Å². The van der Waals surface area contributed by atoms with Gasteiger partial charge < -0.3 is 14.2 Å². The molecule has 2 aliphatic rings. The standard InChI is InChI=1S/C15H16O5/c1-18-13(16)12-11-10(9-5-3-2-4-6-9)7-8-19-15(11)20-14(12)17/h2-6,10-12,15H,7-8H2,1H3/t10-,11+,12-,15-/m1/s1. The summed E-state index contributed by atoms with van der Waals surface area (Å²) in [5.74, 6) is -2.24. The summed E-state index contributed by atoms with van der Waals surface area (Å²) in [6.45, 7) is 0.516. The van der Waals surface area contributed by atoms with Crippen molar-refractivity contribution in [3.8, 4) is 0 Å². The average molecular weight is 276 g/mol. The van der Waals surface area contributed by atoms with E-state index in [1.165, 1.54) is 7.11 Å². The molecule has 2 saturated heterocycles. The molecule has 106 valence electrons. The van der Waals surface area contributed by atoms with Gasteiger partial charge in [0.1, 0.15) is 0 Å². The number of hydrogen-bond donors (Lipinski definition) is 0. The summed E-state index contributed by atoms with van der Waals surface area (Å²) in [6.07, 6.45) is 0.112. The fourth-order valence-corrected chi connectivity index (χ4v) is 3.12. The molecule has 5 nitrogen and oxygen atoms in total. The Balaban J connectivity index is 1.95. The van der Waals surface area contributed by atoms with Gasteiger partial charge in [0.2, 0.25) is 6.29 Å². The summed E-state index contributed by atoms with van der Waals surface area (Å²) in [5.41, 5.74) is 1.10. The fraction of sp³-hybridized carbons (Fsp3) is 0.467. The number of hydrogen-bond acceptors (Lipinski definition) is 5. The van der Waals surface area contributed by atoms with Gasteiger partial charge >= 0.3 is 11.9 Å². The second kappa shape index (κ2) is 5.25. The van der Waals surface area contributed by atoms with Crippen LogP contribution in [0.3, 0.4) is 0 Å². The molecule has 20 heavy (non-hydrogen) atoms. The molecule has 0 bridgehead atoms. The molecule has 0 N–H and O–H groups in total. The lowest BCUT2D eigenvalue weighted by atomic mass is 9.76. The Bertz CT molecular complexity index is 512. The number of esters is 2. The number of ether oxygens (including phenoxy) is 3. The molecule has 0 aromatic heterocycles. The zero-order chi connectivity index (χ0) is 14.1. The summed E-state index contributed by atoms with van der Waals surface area (Å²) in [6, 6.07) is 9.85. The highest BCUT2D eigenvalue weighted by molar-refractivity contribution is 5.96. The largest absolute Gasteiger partial charge is 0.468 e.